The lowest BCUT2D eigenvalue weighted by atomic mass is 10.2. The summed E-state index contributed by atoms with van der Waals surface area (Å²) in [5.74, 6) is -0.512. The van der Waals surface area contributed by atoms with Gasteiger partial charge in [-0.3, -0.25) is 0 Å². The van der Waals surface area contributed by atoms with E-state index in [4.69, 9.17) is 10.5 Å². The number of H-pyrrole nitrogens is 1. The summed E-state index contributed by atoms with van der Waals surface area (Å²) in [5, 5.41) is 0. The molecule has 39 heavy (non-hydrogen) atoms. The molecule has 0 bridgehead atoms. The molecule has 0 aliphatic rings. The normalized spacial score (nSPS) is 12.4. The molecule has 4 aromatic rings. The molecule has 14 nitrogen and oxygen atoms in total. The van der Waals surface area contributed by atoms with Crippen LogP contribution in [0, 0.1) is 13.8 Å². The van der Waals surface area contributed by atoms with Crippen LogP contribution in [0.25, 0.3) is 11.2 Å². The second-order valence-corrected chi connectivity index (χ2v) is 11.6. The molecule has 204 valence electrons. The Balaban J connectivity index is 1.49. The number of hydrogen-bond donors (Lipinski definition) is 3. The van der Waals surface area contributed by atoms with Gasteiger partial charge in [0.2, 0.25) is 0 Å². The van der Waals surface area contributed by atoms with Crippen molar-refractivity contribution in [3.63, 3.8) is 0 Å². The summed E-state index contributed by atoms with van der Waals surface area (Å²) >= 11 is 0. The molecule has 1 amide bonds. The number of aryl methyl sites for hydroxylation is 2. The second kappa shape index (κ2) is 10.7. The maximum Gasteiger partial charge on any atom is 0.421 e. The maximum absolute atomic E-state index is 12.7. The summed E-state index contributed by atoms with van der Waals surface area (Å²) in [6, 6.07) is 11.8. The summed E-state index contributed by atoms with van der Waals surface area (Å²) in [5.41, 5.74) is 6.67. The molecule has 16 heteroatoms. The topological polar surface area (TPSA) is 209 Å². The van der Waals surface area contributed by atoms with Gasteiger partial charge in [0.25, 0.3) is 20.0 Å². The van der Waals surface area contributed by atoms with Crippen LogP contribution >= 0.6 is 0 Å². The molecular formula is C23H23N7O7S2. The van der Waals surface area contributed by atoms with Crippen LogP contribution in [0.3, 0.4) is 0 Å². The average molecular weight is 574 g/mol. The Morgan fingerprint density at radius 2 is 1.62 bits per heavy atom. The van der Waals surface area contributed by atoms with Gasteiger partial charge in [0, 0.05) is 0 Å². The van der Waals surface area contributed by atoms with E-state index in [-0.39, 0.29) is 39.8 Å². The van der Waals surface area contributed by atoms with E-state index >= 15 is 0 Å². The molecule has 2 aromatic heterocycles. The average Bonchev–Trinajstić information content (AvgIpc) is 3.26. The van der Waals surface area contributed by atoms with Gasteiger partial charge >= 0.3 is 11.8 Å². The van der Waals surface area contributed by atoms with Crippen molar-refractivity contribution < 1.29 is 26.4 Å². The fourth-order valence-electron chi connectivity index (χ4n) is 3.40. The number of rotatable bonds is 8. The molecule has 4 N–H and O–H groups in total. The summed E-state index contributed by atoms with van der Waals surface area (Å²) in [4.78, 5) is 34.3. The van der Waals surface area contributed by atoms with Crippen LogP contribution in [0.2, 0.25) is 0 Å². The first kappa shape index (κ1) is 27.5. The molecule has 0 saturated heterocycles. The van der Waals surface area contributed by atoms with Crippen LogP contribution in [0.5, 0.6) is 0 Å². The number of ether oxygens (including phenoxy) is 1. The highest BCUT2D eigenvalue weighted by Crippen LogP contribution is 2.16. The van der Waals surface area contributed by atoms with Crippen LogP contribution in [0.15, 0.2) is 73.8 Å². The van der Waals surface area contributed by atoms with Crippen LogP contribution in [0.4, 0.5) is 4.79 Å². The maximum atomic E-state index is 12.7. The zero-order chi connectivity index (χ0) is 28.4. The Hall–Kier alpha value is -4.57. The third-order valence-corrected chi connectivity index (χ3v) is 8.03. The van der Waals surface area contributed by atoms with Crippen molar-refractivity contribution in [1.29, 1.82) is 0 Å². The highest BCUT2D eigenvalue weighted by atomic mass is 32.2. The summed E-state index contributed by atoms with van der Waals surface area (Å²) in [6.07, 6.45) is 0.0599. The first-order valence-corrected chi connectivity index (χ1v) is 14.2. The molecule has 0 radical (unpaired) electrons. The molecule has 4 rings (SSSR count). The van der Waals surface area contributed by atoms with E-state index < -0.39 is 37.7 Å². The number of hydrogen-bond acceptors (Lipinski definition) is 9. The first-order valence-electron chi connectivity index (χ1n) is 11.2. The number of benzene rings is 2. The van der Waals surface area contributed by atoms with E-state index in [1.165, 1.54) is 35.2 Å². The number of carbonyl (C=O) groups is 1. The van der Waals surface area contributed by atoms with Crippen molar-refractivity contribution >= 4 is 43.1 Å². The number of amides is 1. The van der Waals surface area contributed by atoms with E-state index in [1.807, 2.05) is 4.72 Å². The Labute approximate surface area is 222 Å². The smallest absolute Gasteiger partial charge is 0.421 e. The highest BCUT2D eigenvalue weighted by Gasteiger charge is 2.20. The van der Waals surface area contributed by atoms with Gasteiger partial charge in [0.1, 0.15) is 17.8 Å². The van der Waals surface area contributed by atoms with Crippen LogP contribution in [-0.4, -0.2) is 54.9 Å². The molecule has 0 aliphatic heterocycles. The largest absolute Gasteiger partial charge is 0.447 e. The lowest BCUT2D eigenvalue weighted by Gasteiger charge is -2.09. The van der Waals surface area contributed by atoms with Gasteiger partial charge in [-0.2, -0.15) is 13.4 Å². The Morgan fingerprint density at radius 3 is 2.23 bits per heavy atom. The molecule has 2 aromatic carbocycles. The number of imidazole rings is 1. The second-order valence-electron chi connectivity index (χ2n) is 8.35. The number of sulfonamides is 2. The Morgan fingerprint density at radius 1 is 1.03 bits per heavy atom. The zero-order valence-electron chi connectivity index (χ0n) is 20.7. The minimum absolute atomic E-state index is 0.0101. The number of fused-ring (bicyclic) bond motifs is 1. The van der Waals surface area contributed by atoms with Gasteiger partial charge in [-0.15, -0.1) is 4.40 Å². The number of nitrogens with two attached hydrogens (primary N) is 1. The van der Waals surface area contributed by atoms with Crippen molar-refractivity contribution in [1.82, 2.24) is 24.2 Å². The van der Waals surface area contributed by atoms with Gasteiger partial charge in [0.05, 0.1) is 22.7 Å². The van der Waals surface area contributed by atoms with Gasteiger partial charge in [-0.25, -0.2) is 27.7 Å². The van der Waals surface area contributed by atoms with E-state index in [0.717, 1.165) is 11.1 Å². The van der Waals surface area contributed by atoms with Gasteiger partial charge < -0.3 is 20.0 Å². The van der Waals surface area contributed by atoms with Crippen molar-refractivity contribution in [3.05, 3.63) is 82.2 Å². The van der Waals surface area contributed by atoms with E-state index in [1.54, 1.807) is 38.1 Å². The fourth-order valence-corrected chi connectivity index (χ4v) is 5.23. The molecule has 0 saturated carbocycles. The number of aromatic amines is 1. The quantitative estimate of drug-likeness (QED) is 0.201. The number of carbonyl (C=O) groups excluding carboxylic acids is 1. The fraction of sp³-hybridized carbons (Fsp3) is 0.174. The van der Waals surface area contributed by atoms with Crippen molar-refractivity contribution in [2.75, 3.05) is 6.61 Å². The summed E-state index contributed by atoms with van der Waals surface area (Å²) in [7, 11) is -8.32. The van der Waals surface area contributed by atoms with E-state index in [0.29, 0.717) is 0 Å². The zero-order valence-corrected chi connectivity index (χ0v) is 22.3. The lowest BCUT2D eigenvalue weighted by Crippen LogP contribution is -2.31. The van der Waals surface area contributed by atoms with Crippen molar-refractivity contribution in [3.8, 4) is 0 Å². The van der Waals surface area contributed by atoms with Crippen LogP contribution < -0.4 is 16.1 Å². The summed E-state index contributed by atoms with van der Waals surface area (Å²) < 4.78 is 61.7. The van der Waals surface area contributed by atoms with Crippen LogP contribution in [-0.2, 0) is 31.3 Å². The highest BCUT2D eigenvalue weighted by molar-refractivity contribution is 7.90. The van der Waals surface area contributed by atoms with E-state index in [9.17, 15) is 26.4 Å². The standard InChI is InChI=1S/C23H23N7O7S2/c1-14-3-7-16(8-4-14)38(33,34)28-20(24)18-19-21(27-22(31)26-18)30(13-25-19)11-12-37-23(32)29-39(35,36)17-9-5-15(2)6-10-17/h3-10,13H,11-12H2,1-2H3,(H2,24,28)(H,29,32)(H,26,27,31). The minimum Gasteiger partial charge on any atom is -0.447 e. The third-order valence-electron chi connectivity index (χ3n) is 5.39. The molecule has 0 fully saturated rings. The molecule has 0 aliphatic carbocycles. The number of nitrogens with zero attached hydrogens (tertiary/aromatic N) is 4. The van der Waals surface area contributed by atoms with Crippen LogP contribution in [0.1, 0.15) is 16.8 Å². The van der Waals surface area contributed by atoms with Gasteiger partial charge in [0.15, 0.2) is 11.5 Å². The number of nitrogens with one attached hydrogen (secondary N) is 2. The Kier molecular flexibility index (Phi) is 7.51. The van der Waals surface area contributed by atoms with Gasteiger partial charge in [-0.05, 0) is 38.1 Å². The molecule has 0 atom stereocenters. The first-order chi connectivity index (χ1) is 18.4. The summed E-state index contributed by atoms with van der Waals surface area (Å²) in [6.45, 7) is 3.21. The predicted molar refractivity (Wildman–Crippen MR) is 140 cm³/mol. The molecule has 0 spiro atoms. The minimum atomic E-state index is -4.19. The SMILES string of the molecule is Cc1ccc(S(=O)(=O)/N=C(\N)c2[nH]c(=O)nc3c2ncn3CCOC(=O)NS(=O)(=O)c2ccc(C)cc2)cc1. The predicted octanol–water partition coefficient (Wildman–Crippen LogP) is 0.946. The van der Waals surface area contributed by atoms with Crippen molar-refractivity contribution in [2.24, 2.45) is 10.1 Å². The molecular weight excluding hydrogens is 550 g/mol. The monoisotopic (exact) mass is 573 g/mol. The molecule has 0 unspecified atom stereocenters. The van der Waals surface area contributed by atoms with Gasteiger partial charge in [-0.1, -0.05) is 35.4 Å². The lowest BCUT2D eigenvalue weighted by molar-refractivity contribution is 0.148. The molecule has 2 heterocycles. The van der Waals surface area contributed by atoms with Crippen molar-refractivity contribution in [2.45, 2.75) is 30.2 Å². The van der Waals surface area contributed by atoms with E-state index in [2.05, 4.69) is 19.3 Å². The number of aromatic nitrogens is 4. The Bertz CT molecular complexity index is 1840. The third kappa shape index (κ3) is 6.29. The number of amidine groups is 1.